The second-order valence-electron chi connectivity index (χ2n) is 6.87. The number of anilines is 2. The molecule has 0 radical (unpaired) electrons. The lowest BCUT2D eigenvalue weighted by molar-refractivity contribution is 0.102. The summed E-state index contributed by atoms with van der Waals surface area (Å²) in [6.45, 7) is 1.48. The maximum absolute atomic E-state index is 13.0. The minimum atomic E-state index is -0.758. The predicted molar refractivity (Wildman–Crippen MR) is 111 cm³/mol. The van der Waals surface area contributed by atoms with E-state index in [1.165, 1.54) is 0 Å². The number of nitrogens with zero attached hydrogens (tertiary/aromatic N) is 1. The fourth-order valence-corrected chi connectivity index (χ4v) is 3.47. The summed E-state index contributed by atoms with van der Waals surface area (Å²) in [6.07, 6.45) is 1.95. The topological polar surface area (TPSA) is 79.6 Å². The minimum absolute atomic E-state index is 0.00388. The van der Waals surface area contributed by atoms with E-state index >= 15 is 0 Å². The Hall–Kier alpha value is -3.67. The minimum Gasteiger partial charge on any atom is -0.406 e. The van der Waals surface area contributed by atoms with Crippen molar-refractivity contribution in [3.05, 3.63) is 93.8 Å². The lowest BCUT2D eigenvalue weighted by Crippen LogP contribution is -2.26. The van der Waals surface area contributed by atoms with Crippen molar-refractivity contribution < 1.29 is 14.0 Å². The first-order chi connectivity index (χ1) is 14.1. The van der Waals surface area contributed by atoms with Gasteiger partial charge in [-0.15, -0.1) is 0 Å². The largest absolute Gasteiger partial charge is 0.406 e. The van der Waals surface area contributed by atoms with Crippen LogP contribution in [0.15, 0.2) is 75.9 Å². The van der Waals surface area contributed by atoms with E-state index in [9.17, 15) is 14.4 Å². The summed E-state index contributed by atoms with van der Waals surface area (Å²) in [5, 5.41) is 2.63. The second kappa shape index (κ2) is 8.14. The highest BCUT2D eigenvalue weighted by Gasteiger charge is 2.26. The Bertz CT molecular complexity index is 1080. The van der Waals surface area contributed by atoms with Crippen molar-refractivity contribution in [2.45, 2.75) is 12.8 Å². The normalized spacial score (nSPS) is 13.3. The van der Waals surface area contributed by atoms with Crippen LogP contribution in [0, 0.1) is 0 Å². The first-order valence-corrected chi connectivity index (χ1v) is 9.53. The van der Waals surface area contributed by atoms with Crippen LogP contribution in [0.5, 0.6) is 0 Å². The zero-order valence-corrected chi connectivity index (χ0v) is 15.8. The van der Waals surface area contributed by atoms with Gasteiger partial charge in [0.05, 0.1) is 5.69 Å². The summed E-state index contributed by atoms with van der Waals surface area (Å²) >= 11 is 0. The van der Waals surface area contributed by atoms with Gasteiger partial charge < -0.3 is 9.32 Å². The van der Waals surface area contributed by atoms with Crippen molar-refractivity contribution >= 4 is 23.3 Å². The molecule has 0 spiro atoms. The predicted octanol–water partition coefficient (Wildman–Crippen LogP) is 3.72. The molecule has 1 N–H and O–H groups in total. The van der Waals surface area contributed by atoms with Gasteiger partial charge in [-0.25, -0.2) is 4.79 Å². The summed E-state index contributed by atoms with van der Waals surface area (Å²) in [5.41, 5.74) is 0.599. The summed E-state index contributed by atoms with van der Waals surface area (Å²) < 4.78 is 5.31. The Labute approximate surface area is 167 Å². The van der Waals surface area contributed by atoms with Crippen molar-refractivity contribution in [3.63, 3.8) is 0 Å². The molecular formula is C23H20N2O4. The molecule has 1 aliphatic rings. The van der Waals surface area contributed by atoms with Crippen molar-refractivity contribution in [3.8, 4) is 0 Å². The highest BCUT2D eigenvalue weighted by Crippen LogP contribution is 2.27. The molecule has 1 aromatic heterocycles. The van der Waals surface area contributed by atoms with E-state index in [0.717, 1.165) is 25.9 Å². The lowest BCUT2D eigenvalue weighted by Gasteiger charge is -2.20. The third-order valence-corrected chi connectivity index (χ3v) is 4.91. The van der Waals surface area contributed by atoms with Gasteiger partial charge in [0, 0.05) is 30.3 Å². The Balaban J connectivity index is 1.73. The molecule has 0 atom stereocenters. The van der Waals surface area contributed by atoms with Crippen molar-refractivity contribution in [1.29, 1.82) is 0 Å². The molecule has 1 amide bonds. The van der Waals surface area contributed by atoms with Crippen LogP contribution in [0.1, 0.15) is 39.1 Å². The molecule has 1 fully saturated rings. The zero-order valence-electron chi connectivity index (χ0n) is 15.8. The van der Waals surface area contributed by atoms with Gasteiger partial charge >= 0.3 is 5.63 Å². The number of hydrogen-bond acceptors (Lipinski definition) is 5. The molecule has 6 nitrogen and oxygen atoms in total. The summed E-state index contributed by atoms with van der Waals surface area (Å²) in [5.74, 6) is -0.749. The molecule has 0 bridgehead atoms. The smallest absolute Gasteiger partial charge is 0.350 e. The van der Waals surface area contributed by atoms with Crippen LogP contribution in [0.4, 0.5) is 11.6 Å². The number of carbonyl (C=O) groups excluding carboxylic acids is 2. The van der Waals surface area contributed by atoms with Crippen LogP contribution in [-0.2, 0) is 0 Å². The van der Waals surface area contributed by atoms with Crippen LogP contribution < -0.4 is 15.8 Å². The third kappa shape index (κ3) is 3.96. The average molecular weight is 388 g/mol. The second-order valence-corrected chi connectivity index (χ2v) is 6.87. The Morgan fingerprint density at radius 2 is 1.45 bits per heavy atom. The number of carbonyl (C=O) groups is 2. The molecule has 2 aromatic carbocycles. The van der Waals surface area contributed by atoms with Gasteiger partial charge in [-0.3, -0.25) is 14.9 Å². The van der Waals surface area contributed by atoms with Gasteiger partial charge in [0.25, 0.3) is 5.91 Å². The van der Waals surface area contributed by atoms with Crippen LogP contribution >= 0.6 is 0 Å². The molecule has 6 heteroatoms. The van der Waals surface area contributed by atoms with Crippen LogP contribution in [0.2, 0.25) is 0 Å². The SMILES string of the molecule is O=C(Nc1cc(N2CCCC2)c(C(=O)c2ccccc2)c(=O)o1)c1ccccc1. The van der Waals surface area contributed by atoms with Crippen molar-refractivity contribution in [2.75, 3.05) is 23.3 Å². The molecule has 1 aliphatic heterocycles. The molecule has 146 valence electrons. The maximum atomic E-state index is 13.0. The highest BCUT2D eigenvalue weighted by molar-refractivity contribution is 6.12. The van der Waals surface area contributed by atoms with Crippen LogP contribution in [-0.4, -0.2) is 24.8 Å². The van der Waals surface area contributed by atoms with Crippen LogP contribution in [0.3, 0.4) is 0 Å². The molecule has 0 saturated carbocycles. The van der Waals surface area contributed by atoms with E-state index in [4.69, 9.17) is 4.42 Å². The fourth-order valence-electron chi connectivity index (χ4n) is 3.47. The Morgan fingerprint density at radius 3 is 2.07 bits per heavy atom. The molecule has 3 aromatic rings. The number of amides is 1. The van der Waals surface area contributed by atoms with Crippen molar-refractivity contribution in [1.82, 2.24) is 0 Å². The quantitative estimate of drug-likeness (QED) is 0.674. The van der Waals surface area contributed by atoms with E-state index in [0.29, 0.717) is 16.8 Å². The molecule has 4 rings (SSSR count). The molecule has 0 aliphatic carbocycles. The highest BCUT2D eigenvalue weighted by atomic mass is 16.4. The molecule has 29 heavy (non-hydrogen) atoms. The van der Waals surface area contributed by atoms with E-state index in [-0.39, 0.29) is 23.1 Å². The van der Waals surface area contributed by atoms with E-state index < -0.39 is 5.63 Å². The number of nitrogens with one attached hydrogen (secondary N) is 1. The van der Waals surface area contributed by atoms with Gasteiger partial charge in [-0.1, -0.05) is 48.5 Å². The molecule has 0 unspecified atom stereocenters. The standard InChI is InChI=1S/C23H20N2O4/c26-21(16-9-3-1-4-10-16)20-18(25-13-7-8-14-25)15-19(29-23(20)28)24-22(27)17-11-5-2-6-12-17/h1-6,9-12,15H,7-8,13-14H2,(H,24,27). The number of ketones is 1. The Kier molecular flexibility index (Phi) is 5.24. The van der Waals surface area contributed by atoms with E-state index in [1.807, 2.05) is 17.0 Å². The summed E-state index contributed by atoms with van der Waals surface area (Å²) in [4.78, 5) is 40.2. The van der Waals surface area contributed by atoms with Gasteiger partial charge in [0.1, 0.15) is 5.56 Å². The van der Waals surface area contributed by atoms with Gasteiger partial charge in [-0.05, 0) is 25.0 Å². The first-order valence-electron chi connectivity index (χ1n) is 9.53. The average Bonchev–Trinajstić information content (AvgIpc) is 3.29. The summed E-state index contributed by atoms with van der Waals surface area (Å²) in [6, 6.07) is 18.9. The Morgan fingerprint density at radius 1 is 0.862 bits per heavy atom. The monoisotopic (exact) mass is 388 g/mol. The van der Waals surface area contributed by atoms with Gasteiger partial charge in [-0.2, -0.15) is 0 Å². The molecule has 2 heterocycles. The lowest BCUT2D eigenvalue weighted by atomic mass is 10.0. The van der Waals surface area contributed by atoms with E-state index in [1.54, 1.807) is 54.6 Å². The summed E-state index contributed by atoms with van der Waals surface area (Å²) in [7, 11) is 0. The van der Waals surface area contributed by atoms with E-state index in [2.05, 4.69) is 5.32 Å². The van der Waals surface area contributed by atoms with Crippen LogP contribution in [0.25, 0.3) is 0 Å². The zero-order chi connectivity index (χ0) is 20.2. The maximum Gasteiger partial charge on any atom is 0.350 e. The number of rotatable bonds is 5. The number of benzene rings is 2. The van der Waals surface area contributed by atoms with Gasteiger partial charge in [0.2, 0.25) is 11.7 Å². The first kappa shape index (κ1) is 18.7. The fraction of sp³-hybridized carbons (Fsp3) is 0.174. The van der Waals surface area contributed by atoms with Crippen molar-refractivity contribution in [2.24, 2.45) is 0 Å². The molecule has 1 saturated heterocycles. The third-order valence-electron chi connectivity index (χ3n) is 4.91. The molecular weight excluding hydrogens is 368 g/mol. The number of hydrogen-bond donors (Lipinski definition) is 1. The van der Waals surface area contributed by atoms with Gasteiger partial charge in [0.15, 0.2) is 0 Å².